The van der Waals surface area contributed by atoms with E-state index in [1.165, 1.54) is 0 Å². The molecule has 31 heavy (non-hydrogen) atoms. The third kappa shape index (κ3) is 7.65. The Bertz CT molecular complexity index is 835. The summed E-state index contributed by atoms with van der Waals surface area (Å²) in [6, 6.07) is 9.41. The smallest absolute Gasteiger partial charge is 0.306 e. The van der Waals surface area contributed by atoms with Crippen molar-refractivity contribution in [3.63, 3.8) is 0 Å². The minimum atomic E-state index is -3.87. The summed E-state index contributed by atoms with van der Waals surface area (Å²) in [6.07, 6.45) is -2.98. The van der Waals surface area contributed by atoms with Gasteiger partial charge in [0.1, 0.15) is 18.3 Å². The van der Waals surface area contributed by atoms with Crippen LogP contribution in [0.4, 0.5) is 0 Å². The highest BCUT2D eigenvalue weighted by atomic mass is 32.2. The number of ether oxygens (including phenoxy) is 2. The molecule has 1 N–H and O–H groups in total. The second kappa shape index (κ2) is 10.1. The predicted octanol–water partition coefficient (Wildman–Crippen LogP) is 3.18. The Morgan fingerprint density at radius 2 is 1.74 bits per heavy atom. The summed E-state index contributed by atoms with van der Waals surface area (Å²) in [5.74, 6) is -1.11. The van der Waals surface area contributed by atoms with Crippen molar-refractivity contribution in [3.05, 3.63) is 35.9 Å². The summed E-state index contributed by atoms with van der Waals surface area (Å²) in [5, 5.41) is 9.25. The molecule has 1 fully saturated rings. The Labute approximate surface area is 186 Å². The quantitative estimate of drug-likeness (QED) is 0.407. The Balaban J connectivity index is 2.26. The van der Waals surface area contributed by atoms with Crippen LogP contribution >= 0.6 is 0 Å². The maximum absolute atomic E-state index is 11.9. The van der Waals surface area contributed by atoms with Crippen molar-refractivity contribution < 1.29 is 36.4 Å². The average molecular weight is 475 g/mol. The summed E-state index contributed by atoms with van der Waals surface area (Å²) < 4.78 is 47.3. The fourth-order valence-electron chi connectivity index (χ4n) is 3.07. The lowest BCUT2D eigenvalue weighted by molar-refractivity contribution is -0.141. The van der Waals surface area contributed by atoms with Crippen LogP contribution in [0.5, 0.6) is 0 Å². The molecule has 1 aromatic carbocycles. The number of carbonyl (C=O) groups is 1. The minimum Gasteiger partial charge on any atom is -0.481 e. The molecule has 1 saturated heterocycles. The Morgan fingerprint density at radius 3 is 2.26 bits per heavy atom. The van der Waals surface area contributed by atoms with Gasteiger partial charge in [-0.25, -0.2) is 0 Å². The zero-order valence-electron chi connectivity index (χ0n) is 19.0. The van der Waals surface area contributed by atoms with Crippen LogP contribution in [0.3, 0.4) is 0 Å². The van der Waals surface area contributed by atoms with Gasteiger partial charge in [-0.15, -0.1) is 0 Å². The number of benzene rings is 1. The van der Waals surface area contributed by atoms with Crippen LogP contribution < -0.4 is 0 Å². The normalized spacial score (nSPS) is 25.0. The summed E-state index contributed by atoms with van der Waals surface area (Å²) in [4.78, 5) is 11.4. The van der Waals surface area contributed by atoms with Gasteiger partial charge in [-0.1, -0.05) is 51.1 Å². The van der Waals surface area contributed by atoms with Gasteiger partial charge in [0.15, 0.2) is 8.32 Å². The second-order valence-corrected chi connectivity index (χ2v) is 15.8. The number of rotatable bonds is 10. The zero-order valence-corrected chi connectivity index (χ0v) is 20.8. The summed E-state index contributed by atoms with van der Waals surface area (Å²) in [5.41, 5.74) is 0.895. The molecular weight excluding hydrogens is 440 g/mol. The van der Waals surface area contributed by atoms with Crippen molar-refractivity contribution in [2.24, 2.45) is 0 Å². The molecule has 176 valence electrons. The molecule has 8 nitrogen and oxygen atoms in total. The molecule has 0 spiro atoms. The summed E-state index contributed by atoms with van der Waals surface area (Å²) in [7, 11) is -5.99. The van der Waals surface area contributed by atoms with Crippen molar-refractivity contribution in [2.45, 2.75) is 76.3 Å². The number of carboxylic acids is 1. The van der Waals surface area contributed by atoms with Gasteiger partial charge in [-0.05, 0) is 23.7 Å². The minimum absolute atomic E-state index is 0.0326. The van der Waals surface area contributed by atoms with Crippen LogP contribution in [-0.4, -0.2) is 65.1 Å². The van der Waals surface area contributed by atoms with E-state index in [4.69, 9.17) is 18.1 Å². The molecule has 0 unspecified atom stereocenters. The van der Waals surface area contributed by atoms with Crippen LogP contribution in [0, 0.1) is 0 Å². The average Bonchev–Trinajstić information content (AvgIpc) is 2.92. The molecule has 4 atom stereocenters. The molecule has 0 saturated carbocycles. The highest BCUT2D eigenvalue weighted by Gasteiger charge is 2.50. The number of carboxylic acid groups (broad SMARTS) is 1. The van der Waals surface area contributed by atoms with Crippen molar-refractivity contribution in [2.75, 3.05) is 12.9 Å². The maximum atomic E-state index is 11.9. The van der Waals surface area contributed by atoms with Gasteiger partial charge >= 0.3 is 5.97 Å². The molecule has 10 heteroatoms. The van der Waals surface area contributed by atoms with E-state index in [0.29, 0.717) is 0 Å². The fourth-order valence-corrected chi connectivity index (χ4v) is 4.72. The molecule has 1 aromatic rings. The molecule has 0 aromatic heterocycles. The van der Waals surface area contributed by atoms with Crippen LogP contribution in [0.15, 0.2) is 30.3 Å². The van der Waals surface area contributed by atoms with E-state index >= 15 is 0 Å². The fraction of sp³-hybridized carbons (Fsp3) is 0.667. The first kappa shape index (κ1) is 26.0. The largest absolute Gasteiger partial charge is 0.481 e. The second-order valence-electron chi connectivity index (χ2n) is 9.41. The van der Waals surface area contributed by atoms with Crippen LogP contribution in [-0.2, 0) is 39.6 Å². The molecule has 0 amide bonds. The molecule has 0 aliphatic carbocycles. The first-order chi connectivity index (χ1) is 14.2. The summed E-state index contributed by atoms with van der Waals surface area (Å²) >= 11 is 0. The Hall–Kier alpha value is -1.30. The molecule has 2 rings (SSSR count). The number of hydrogen-bond donors (Lipinski definition) is 1. The SMILES string of the molecule is CC(C)(C)[Si](C)(C)OC[C@H]1O[C@@H](CC(=O)O)[C@H](OS(C)(=O)=O)[C@H]1OCc1ccccc1. The zero-order chi connectivity index (χ0) is 23.4. The lowest BCUT2D eigenvalue weighted by Crippen LogP contribution is -2.45. The predicted molar refractivity (Wildman–Crippen MR) is 119 cm³/mol. The molecule has 0 bridgehead atoms. The lowest BCUT2D eigenvalue weighted by atomic mass is 10.1. The summed E-state index contributed by atoms with van der Waals surface area (Å²) in [6.45, 7) is 10.9. The molecular formula is C21H34O8SSi. The lowest BCUT2D eigenvalue weighted by Gasteiger charge is -2.37. The van der Waals surface area contributed by atoms with E-state index in [2.05, 4.69) is 33.9 Å². The molecule has 0 radical (unpaired) electrons. The Morgan fingerprint density at radius 1 is 1.13 bits per heavy atom. The van der Waals surface area contributed by atoms with E-state index in [-0.39, 0.29) is 18.3 Å². The van der Waals surface area contributed by atoms with E-state index in [0.717, 1.165) is 11.8 Å². The monoisotopic (exact) mass is 474 g/mol. The maximum Gasteiger partial charge on any atom is 0.306 e. The van der Waals surface area contributed by atoms with E-state index < -0.39 is 55.2 Å². The first-order valence-corrected chi connectivity index (χ1v) is 15.0. The van der Waals surface area contributed by atoms with Crippen LogP contribution in [0.2, 0.25) is 18.1 Å². The van der Waals surface area contributed by atoms with Gasteiger partial charge in [-0.3, -0.25) is 8.98 Å². The highest BCUT2D eigenvalue weighted by molar-refractivity contribution is 7.86. The van der Waals surface area contributed by atoms with E-state index in [1.807, 2.05) is 30.3 Å². The van der Waals surface area contributed by atoms with E-state index in [1.54, 1.807) is 0 Å². The van der Waals surface area contributed by atoms with Gasteiger partial charge in [-0.2, -0.15) is 8.42 Å². The highest BCUT2D eigenvalue weighted by Crippen LogP contribution is 2.38. The Kier molecular flexibility index (Phi) is 8.45. The van der Waals surface area contributed by atoms with Crippen molar-refractivity contribution >= 4 is 24.4 Å². The topological polar surface area (TPSA) is 108 Å². The van der Waals surface area contributed by atoms with Crippen molar-refractivity contribution in [1.29, 1.82) is 0 Å². The molecule has 1 aliphatic heterocycles. The third-order valence-corrected chi connectivity index (χ3v) is 10.8. The first-order valence-electron chi connectivity index (χ1n) is 10.2. The molecule has 1 heterocycles. The van der Waals surface area contributed by atoms with Gasteiger partial charge in [0.2, 0.25) is 0 Å². The molecule has 1 aliphatic rings. The van der Waals surface area contributed by atoms with Crippen molar-refractivity contribution in [3.8, 4) is 0 Å². The standard InChI is InChI=1S/C21H34O8SSi/c1-21(2,3)31(5,6)27-14-17-19(26-13-15-10-8-7-9-11-15)20(29-30(4,24)25)16(28-17)12-18(22)23/h7-11,16-17,19-20H,12-14H2,1-6H3,(H,22,23)/t16-,17+,19-,20-/m0/s1. The van der Waals surface area contributed by atoms with Crippen LogP contribution in [0.1, 0.15) is 32.8 Å². The van der Waals surface area contributed by atoms with Gasteiger partial charge in [0, 0.05) is 0 Å². The van der Waals surface area contributed by atoms with Crippen molar-refractivity contribution in [1.82, 2.24) is 0 Å². The van der Waals surface area contributed by atoms with Crippen LogP contribution in [0.25, 0.3) is 0 Å². The number of aliphatic carboxylic acids is 1. The van der Waals surface area contributed by atoms with Gasteiger partial charge in [0.05, 0.1) is 32.0 Å². The van der Waals surface area contributed by atoms with Gasteiger partial charge in [0.25, 0.3) is 10.1 Å². The third-order valence-electron chi connectivity index (χ3n) is 5.77. The van der Waals surface area contributed by atoms with E-state index in [9.17, 15) is 18.3 Å². The van der Waals surface area contributed by atoms with Gasteiger partial charge < -0.3 is 19.0 Å². The number of hydrogen-bond acceptors (Lipinski definition) is 7.